The van der Waals surface area contributed by atoms with Crippen molar-refractivity contribution in [1.29, 1.82) is 0 Å². The third kappa shape index (κ3) is 3.96. The highest BCUT2D eigenvalue weighted by atomic mass is 16.5. The van der Waals surface area contributed by atoms with Crippen LogP contribution >= 0.6 is 0 Å². The molecule has 5 heteroatoms. The van der Waals surface area contributed by atoms with Crippen LogP contribution < -0.4 is 9.64 Å². The maximum absolute atomic E-state index is 12.7. The van der Waals surface area contributed by atoms with E-state index in [-0.39, 0.29) is 17.9 Å². The van der Waals surface area contributed by atoms with Crippen molar-refractivity contribution in [3.63, 3.8) is 0 Å². The maximum atomic E-state index is 12.7. The van der Waals surface area contributed by atoms with Gasteiger partial charge in [-0.25, -0.2) is 0 Å². The number of hydrogen-bond donors (Lipinski definition) is 0. The van der Waals surface area contributed by atoms with Crippen molar-refractivity contribution < 1.29 is 14.3 Å². The van der Waals surface area contributed by atoms with E-state index in [4.69, 9.17) is 9.47 Å². The van der Waals surface area contributed by atoms with Crippen LogP contribution in [0.5, 0.6) is 5.75 Å². The highest BCUT2D eigenvalue weighted by molar-refractivity contribution is 5.97. The van der Waals surface area contributed by atoms with Gasteiger partial charge in [0.1, 0.15) is 12.4 Å². The molecule has 160 valence electrons. The average Bonchev–Trinajstić information content (AvgIpc) is 3.03. The van der Waals surface area contributed by atoms with Crippen LogP contribution in [-0.2, 0) is 21.5 Å². The lowest BCUT2D eigenvalue weighted by molar-refractivity contribution is -0.122. The molecule has 1 fully saturated rings. The first-order chi connectivity index (χ1) is 14.4. The molecule has 4 rings (SSSR count). The molecule has 0 aromatic heterocycles. The zero-order valence-corrected chi connectivity index (χ0v) is 18.5. The van der Waals surface area contributed by atoms with Crippen LogP contribution in [0.3, 0.4) is 0 Å². The molecular weight excluding hydrogens is 376 g/mol. The quantitative estimate of drug-likeness (QED) is 0.754. The number of carbonyl (C=O) groups excluding carboxylic acids is 1. The zero-order valence-electron chi connectivity index (χ0n) is 18.5. The molecule has 0 N–H and O–H groups in total. The molecule has 2 aliphatic heterocycles. The number of likely N-dealkylation sites (tertiary alicyclic amines) is 1. The summed E-state index contributed by atoms with van der Waals surface area (Å²) in [6, 6.07) is 12.9. The Kier molecular flexibility index (Phi) is 5.85. The number of nitrogens with zero attached hydrogens (tertiary/aromatic N) is 2. The first-order valence-electron chi connectivity index (χ1n) is 10.7. The average molecular weight is 409 g/mol. The first kappa shape index (κ1) is 20.9. The molecule has 0 radical (unpaired) electrons. The van der Waals surface area contributed by atoms with Gasteiger partial charge in [-0.1, -0.05) is 29.3 Å². The number of amides is 1. The van der Waals surface area contributed by atoms with E-state index in [1.165, 1.54) is 22.3 Å². The zero-order chi connectivity index (χ0) is 21.3. The van der Waals surface area contributed by atoms with E-state index in [1.807, 2.05) is 17.0 Å². The molecule has 0 atom stereocenters. The van der Waals surface area contributed by atoms with Crippen molar-refractivity contribution >= 4 is 11.6 Å². The van der Waals surface area contributed by atoms with Crippen LogP contribution in [0.2, 0.25) is 0 Å². The van der Waals surface area contributed by atoms with Gasteiger partial charge < -0.3 is 14.4 Å². The van der Waals surface area contributed by atoms with Gasteiger partial charge in [-0.15, -0.1) is 0 Å². The number of piperidine rings is 1. The summed E-state index contributed by atoms with van der Waals surface area (Å²) in [5.74, 6) is 0.880. The normalized spacial score (nSPS) is 17.9. The highest BCUT2D eigenvalue weighted by Gasteiger charge is 2.46. The minimum Gasteiger partial charge on any atom is -0.497 e. The number of anilines is 1. The Morgan fingerprint density at radius 2 is 1.73 bits per heavy atom. The molecular formula is C25H32N2O3. The molecule has 1 spiro atoms. The van der Waals surface area contributed by atoms with Gasteiger partial charge in [-0.3, -0.25) is 9.69 Å². The molecule has 0 unspecified atom stereocenters. The monoisotopic (exact) mass is 408 g/mol. The molecule has 2 aliphatic rings. The summed E-state index contributed by atoms with van der Waals surface area (Å²) in [7, 11) is 3.27. The minimum absolute atomic E-state index is 0.00764. The minimum atomic E-state index is -0.00764. The fourth-order valence-corrected chi connectivity index (χ4v) is 5.18. The molecule has 0 saturated carbocycles. The molecule has 2 aromatic rings. The second-order valence-electron chi connectivity index (χ2n) is 8.85. The Hall–Kier alpha value is -2.37. The molecule has 2 aromatic carbocycles. The van der Waals surface area contributed by atoms with Crippen molar-refractivity contribution in [2.45, 2.75) is 38.6 Å². The van der Waals surface area contributed by atoms with Crippen LogP contribution in [0, 0.1) is 13.8 Å². The van der Waals surface area contributed by atoms with Crippen LogP contribution in [0.15, 0.2) is 36.4 Å². The van der Waals surface area contributed by atoms with Crippen molar-refractivity contribution in [3.05, 3.63) is 58.7 Å². The topological polar surface area (TPSA) is 42.0 Å². The van der Waals surface area contributed by atoms with Gasteiger partial charge in [0.05, 0.1) is 7.11 Å². The number of rotatable bonds is 5. The predicted octanol–water partition coefficient (Wildman–Crippen LogP) is 3.84. The Morgan fingerprint density at radius 3 is 2.37 bits per heavy atom. The highest BCUT2D eigenvalue weighted by Crippen LogP contribution is 2.48. The molecule has 1 saturated heterocycles. The van der Waals surface area contributed by atoms with Crippen molar-refractivity contribution in [2.75, 3.05) is 45.4 Å². The van der Waals surface area contributed by atoms with E-state index < -0.39 is 0 Å². The van der Waals surface area contributed by atoms with Crippen LogP contribution in [0.1, 0.15) is 35.1 Å². The van der Waals surface area contributed by atoms with E-state index in [0.29, 0.717) is 0 Å². The van der Waals surface area contributed by atoms with Gasteiger partial charge in [0.15, 0.2) is 0 Å². The summed E-state index contributed by atoms with van der Waals surface area (Å²) < 4.78 is 10.6. The van der Waals surface area contributed by atoms with Gasteiger partial charge in [0, 0.05) is 31.3 Å². The molecule has 1 amide bonds. The number of benzene rings is 2. The van der Waals surface area contributed by atoms with Gasteiger partial charge in [0.25, 0.3) is 5.91 Å². The van der Waals surface area contributed by atoms with Gasteiger partial charge in [0.2, 0.25) is 0 Å². The SMILES string of the molecule is COCC(=O)N1CC2(CCN(Cc3cc(C)cc(C)c3)CC2)c2cc(OC)ccc21. The van der Waals surface area contributed by atoms with Crippen molar-refractivity contribution in [1.82, 2.24) is 4.90 Å². The lowest BCUT2D eigenvalue weighted by Crippen LogP contribution is -2.46. The van der Waals surface area contributed by atoms with Gasteiger partial charge in [-0.2, -0.15) is 0 Å². The smallest absolute Gasteiger partial charge is 0.252 e. The van der Waals surface area contributed by atoms with Crippen molar-refractivity contribution in [2.24, 2.45) is 0 Å². The second-order valence-corrected chi connectivity index (χ2v) is 8.85. The fraction of sp³-hybridized carbons (Fsp3) is 0.480. The number of methoxy groups -OCH3 is 2. The van der Waals surface area contributed by atoms with Crippen LogP contribution in [0.25, 0.3) is 0 Å². The Morgan fingerprint density at radius 1 is 1.03 bits per heavy atom. The summed E-state index contributed by atoms with van der Waals surface area (Å²) in [6.07, 6.45) is 2.07. The number of fused-ring (bicyclic) bond motifs is 2. The third-order valence-corrected chi connectivity index (χ3v) is 6.60. The van der Waals surface area contributed by atoms with E-state index in [0.717, 1.165) is 50.5 Å². The Balaban J connectivity index is 1.54. The summed E-state index contributed by atoms with van der Waals surface area (Å²) >= 11 is 0. The van der Waals surface area contributed by atoms with E-state index in [2.05, 4.69) is 43.0 Å². The van der Waals surface area contributed by atoms with Gasteiger partial charge in [-0.05, 0) is 69.1 Å². The first-order valence-corrected chi connectivity index (χ1v) is 10.7. The predicted molar refractivity (Wildman–Crippen MR) is 119 cm³/mol. The maximum Gasteiger partial charge on any atom is 0.252 e. The summed E-state index contributed by atoms with van der Waals surface area (Å²) in [5.41, 5.74) is 6.28. The lowest BCUT2D eigenvalue weighted by atomic mass is 9.74. The van der Waals surface area contributed by atoms with E-state index >= 15 is 0 Å². The number of ether oxygens (including phenoxy) is 2. The Bertz CT molecular complexity index is 912. The summed E-state index contributed by atoms with van der Waals surface area (Å²) in [5, 5.41) is 0. The Labute approximate surface area is 179 Å². The summed E-state index contributed by atoms with van der Waals surface area (Å²) in [6.45, 7) is 8.20. The number of carbonyl (C=O) groups is 1. The standard InChI is InChI=1S/C25H32N2O3/c1-18-11-19(2)13-20(12-18)15-26-9-7-25(8-10-26)17-27(24(28)16-29-3)23-6-5-21(30-4)14-22(23)25/h5-6,11-14H,7-10,15-17H2,1-4H3. The third-order valence-electron chi connectivity index (χ3n) is 6.60. The van der Waals surface area contributed by atoms with Crippen molar-refractivity contribution in [3.8, 4) is 5.75 Å². The van der Waals surface area contributed by atoms with Gasteiger partial charge >= 0.3 is 0 Å². The number of hydrogen-bond acceptors (Lipinski definition) is 4. The molecule has 0 aliphatic carbocycles. The molecule has 0 bridgehead atoms. The lowest BCUT2D eigenvalue weighted by Gasteiger charge is -2.40. The molecule has 30 heavy (non-hydrogen) atoms. The van der Waals surface area contributed by atoms with Crippen LogP contribution in [-0.4, -0.2) is 51.3 Å². The van der Waals surface area contributed by atoms with Crippen LogP contribution in [0.4, 0.5) is 5.69 Å². The second kappa shape index (κ2) is 8.40. The molecule has 2 heterocycles. The number of aryl methyl sites for hydroxylation is 2. The van der Waals surface area contributed by atoms with E-state index in [9.17, 15) is 4.79 Å². The van der Waals surface area contributed by atoms with E-state index in [1.54, 1.807) is 14.2 Å². The molecule has 5 nitrogen and oxygen atoms in total. The summed E-state index contributed by atoms with van der Waals surface area (Å²) in [4.78, 5) is 17.2. The largest absolute Gasteiger partial charge is 0.497 e. The fourth-order valence-electron chi connectivity index (χ4n) is 5.18.